The number of hydrogen-bond donors (Lipinski definition) is 1. The molecule has 1 heterocycles. The molecule has 1 N–H and O–H groups in total. The van der Waals surface area contributed by atoms with Crippen LogP contribution in [0.3, 0.4) is 0 Å². The van der Waals surface area contributed by atoms with Gasteiger partial charge in [0.2, 0.25) is 5.91 Å². The molecular formula is C14H24N2O3. The molecule has 1 saturated carbocycles. The van der Waals surface area contributed by atoms with E-state index in [9.17, 15) is 9.59 Å². The van der Waals surface area contributed by atoms with Crippen LogP contribution in [0.2, 0.25) is 0 Å². The predicted octanol–water partition coefficient (Wildman–Crippen LogP) is 0.644. The van der Waals surface area contributed by atoms with Crippen molar-refractivity contribution in [2.45, 2.75) is 26.2 Å². The van der Waals surface area contributed by atoms with Gasteiger partial charge >= 0.3 is 5.97 Å². The number of hydrogen-bond acceptors (Lipinski definition) is 4. The Labute approximate surface area is 114 Å². The molecule has 2 unspecified atom stereocenters. The minimum Gasteiger partial charge on any atom is -0.469 e. The highest BCUT2D eigenvalue weighted by Gasteiger charge is 2.58. The first-order valence-corrected chi connectivity index (χ1v) is 7.04. The monoisotopic (exact) mass is 268 g/mol. The molecule has 2 atom stereocenters. The van der Waals surface area contributed by atoms with Crippen molar-refractivity contribution < 1.29 is 14.3 Å². The molecule has 1 aliphatic heterocycles. The molecule has 0 aromatic rings. The normalized spacial score (nSPS) is 25.7. The van der Waals surface area contributed by atoms with Crippen molar-refractivity contribution in [2.24, 2.45) is 17.3 Å². The van der Waals surface area contributed by atoms with Gasteiger partial charge in [-0.3, -0.25) is 9.59 Å². The number of ether oxygens (including phenoxy) is 1. The van der Waals surface area contributed by atoms with Crippen molar-refractivity contribution in [3.8, 4) is 0 Å². The van der Waals surface area contributed by atoms with Gasteiger partial charge in [0, 0.05) is 19.5 Å². The highest BCUT2D eigenvalue weighted by molar-refractivity contribution is 5.83. The van der Waals surface area contributed by atoms with E-state index in [-0.39, 0.29) is 29.1 Å². The van der Waals surface area contributed by atoms with Crippen LogP contribution in [0.4, 0.5) is 0 Å². The Kier molecular flexibility index (Phi) is 4.13. The van der Waals surface area contributed by atoms with E-state index in [0.29, 0.717) is 6.54 Å². The summed E-state index contributed by atoms with van der Waals surface area (Å²) in [6.07, 6.45) is 3.22. The van der Waals surface area contributed by atoms with Crippen LogP contribution in [0.25, 0.3) is 0 Å². The quantitative estimate of drug-likeness (QED) is 0.760. The van der Waals surface area contributed by atoms with Crippen molar-refractivity contribution in [1.82, 2.24) is 10.2 Å². The summed E-state index contributed by atoms with van der Waals surface area (Å²) < 4.78 is 4.69. The first-order valence-electron chi connectivity index (χ1n) is 7.04. The topological polar surface area (TPSA) is 58.6 Å². The van der Waals surface area contributed by atoms with Crippen LogP contribution in [0, 0.1) is 17.3 Å². The lowest BCUT2D eigenvalue weighted by molar-refractivity contribution is -0.146. The summed E-state index contributed by atoms with van der Waals surface area (Å²) in [4.78, 5) is 25.5. The van der Waals surface area contributed by atoms with E-state index >= 15 is 0 Å². The van der Waals surface area contributed by atoms with Gasteiger partial charge in [0.05, 0.1) is 13.0 Å². The Morgan fingerprint density at radius 3 is 2.63 bits per heavy atom. The van der Waals surface area contributed by atoms with Crippen molar-refractivity contribution >= 4 is 11.9 Å². The van der Waals surface area contributed by atoms with E-state index in [1.165, 1.54) is 7.11 Å². The molecule has 0 aromatic carbocycles. The largest absolute Gasteiger partial charge is 0.469 e. The number of carbonyl (C=O) groups is 2. The van der Waals surface area contributed by atoms with Gasteiger partial charge in [-0.15, -0.1) is 0 Å². The predicted molar refractivity (Wildman–Crippen MR) is 71.5 cm³/mol. The molecule has 0 bridgehead atoms. The zero-order valence-electron chi connectivity index (χ0n) is 12.1. The molecule has 1 amide bonds. The van der Waals surface area contributed by atoms with Crippen molar-refractivity contribution in [1.29, 1.82) is 0 Å². The van der Waals surface area contributed by atoms with Crippen molar-refractivity contribution in [2.75, 3.05) is 33.8 Å². The second kappa shape index (κ2) is 5.49. The van der Waals surface area contributed by atoms with Gasteiger partial charge in [0.1, 0.15) is 0 Å². The average molecular weight is 268 g/mol. The molecular weight excluding hydrogens is 244 g/mol. The fourth-order valence-corrected chi connectivity index (χ4v) is 3.22. The molecule has 5 nitrogen and oxygen atoms in total. The van der Waals surface area contributed by atoms with Crippen LogP contribution in [0.5, 0.6) is 0 Å². The van der Waals surface area contributed by atoms with Gasteiger partial charge in [-0.25, -0.2) is 0 Å². The molecule has 1 aliphatic carbocycles. The zero-order valence-corrected chi connectivity index (χ0v) is 12.1. The highest BCUT2D eigenvalue weighted by Crippen LogP contribution is 2.59. The fourth-order valence-electron chi connectivity index (χ4n) is 3.22. The standard InChI is InChI=1S/C14H24N2O3/c1-10(13(18)19-3)9-16(2)12(17)11-8-14(11)4-6-15-7-5-14/h10-11,15H,4-9H2,1-3H3. The molecule has 5 heteroatoms. The maximum atomic E-state index is 12.4. The Bertz CT molecular complexity index is 364. The number of esters is 1. The fraction of sp³-hybridized carbons (Fsp3) is 0.857. The maximum absolute atomic E-state index is 12.4. The van der Waals surface area contributed by atoms with E-state index < -0.39 is 0 Å². The molecule has 108 valence electrons. The summed E-state index contributed by atoms with van der Waals surface area (Å²) in [5.74, 6) is -0.157. The Balaban J connectivity index is 1.85. The smallest absolute Gasteiger partial charge is 0.310 e. The first-order chi connectivity index (χ1) is 9.00. The molecule has 0 radical (unpaired) electrons. The van der Waals surface area contributed by atoms with Crippen LogP contribution in [0.1, 0.15) is 26.2 Å². The van der Waals surface area contributed by atoms with Crippen LogP contribution < -0.4 is 5.32 Å². The van der Waals surface area contributed by atoms with E-state index in [1.807, 2.05) is 0 Å². The van der Waals surface area contributed by atoms with Gasteiger partial charge in [-0.1, -0.05) is 6.92 Å². The average Bonchev–Trinajstić information content (AvgIpc) is 3.10. The van der Waals surface area contributed by atoms with Crippen LogP contribution in [-0.2, 0) is 14.3 Å². The van der Waals surface area contributed by atoms with E-state index in [2.05, 4.69) is 5.32 Å². The molecule has 2 rings (SSSR count). The Morgan fingerprint density at radius 1 is 1.42 bits per heavy atom. The minimum absolute atomic E-state index is 0.171. The van der Waals surface area contributed by atoms with Crippen molar-refractivity contribution in [3.63, 3.8) is 0 Å². The summed E-state index contributed by atoms with van der Waals surface area (Å²) >= 11 is 0. The van der Waals surface area contributed by atoms with Gasteiger partial charge < -0.3 is 15.0 Å². The minimum atomic E-state index is -0.262. The lowest BCUT2D eigenvalue weighted by Crippen LogP contribution is -2.37. The third-order valence-corrected chi connectivity index (χ3v) is 4.61. The second-order valence-electron chi connectivity index (χ2n) is 6.01. The third kappa shape index (κ3) is 2.91. The summed E-state index contributed by atoms with van der Waals surface area (Å²) in [6, 6.07) is 0. The number of nitrogens with one attached hydrogen (secondary N) is 1. The Hall–Kier alpha value is -1.10. The Morgan fingerprint density at radius 2 is 2.05 bits per heavy atom. The number of methoxy groups -OCH3 is 1. The van der Waals surface area contributed by atoms with E-state index in [4.69, 9.17) is 4.74 Å². The lowest BCUT2D eigenvalue weighted by atomic mass is 9.91. The molecule has 0 aromatic heterocycles. The van der Waals surface area contributed by atoms with Crippen LogP contribution >= 0.6 is 0 Å². The number of piperidine rings is 1. The van der Waals surface area contributed by atoms with Gasteiger partial charge in [-0.2, -0.15) is 0 Å². The highest BCUT2D eigenvalue weighted by atomic mass is 16.5. The number of nitrogens with zero attached hydrogens (tertiary/aromatic N) is 1. The second-order valence-corrected chi connectivity index (χ2v) is 6.01. The SMILES string of the molecule is COC(=O)C(C)CN(C)C(=O)C1CC12CCNCC2. The third-order valence-electron chi connectivity index (χ3n) is 4.61. The van der Waals surface area contributed by atoms with E-state index in [0.717, 1.165) is 32.4 Å². The van der Waals surface area contributed by atoms with Crippen LogP contribution in [0.15, 0.2) is 0 Å². The number of amides is 1. The number of carbonyl (C=O) groups excluding carboxylic acids is 2. The van der Waals surface area contributed by atoms with Gasteiger partial charge in [0.15, 0.2) is 0 Å². The van der Waals surface area contributed by atoms with Gasteiger partial charge in [0.25, 0.3) is 0 Å². The summed E-state index contributed by atoms with van der Waals surface area (Å²) in [6.45, 7) is 4.28. The molecule has 2 aliphatic rings. The molecule has 19 heavy (non-hydrogen) atoms. The molecule has 2 fully saturated rings. The molecule has 1 spiro atoms. The summed E-state index contributed by atoms with van der Waals surface area (Å²) in [5.41, 5.74) is 0.255. The first kappa shape index (κ1) is 14.3. The van der Waals surface area contributed by atoms with Crippen LogP contribution in [-0.4, -0.2) is 50.6 Å². The zero-order chi connectivity index (χ0) is 14.0. The lowest BCUT2D eigenvalue weighted by Gasteiger charge is -2.26. The summed E-state index contributed by atoms with van der Waals surface area (Å²) in [5, 5.41) is 3.34. The van der Waals surface area contributed by atoms with Crippen molar-refractivity contribution in [3.05, 3.63) is 0 Å². The molecule has 1 saturated heterocycles. The van der Waals surface area contributed by atoms with Gasteiger partial charge in [-0.05, 0) is 37.8 Å². The summed E-state index contributed by atoms with van der Waals surface area (Å²) in [7, 11) is 3.17. The number of rotatable bonds is 4. The van der Waals surface area contributed by atoms with E-state index in [1.54, 1.807) is 18.9 Å². The maximum Gasteiger partial charge on any atom is 0.310 e.